The van der Waals surface area contributed by atoms with Crippen LogP contribution in [0.1, 0.15) is 70.8 Å². The summed E-state index contributed by atoms with van der Waals surface area (Å²) in [6.45, 7) is 1.55. The fourth-order valence-electron chi connectivity index (χ4n) is 6.23. The molecule has 4 aromatic rings. The Morgan fingerprint density at radius 2 is 1.61 bits per heavy atom. The van der Waals surface area contributed by atoms with Crippen LogP contribution in [0.3, 0.4) is 0 Å². The number of nitrogens with zero attached hydrogens (tertiary/aromatic N) is 3. The summed E-state index contributed by atoms with van der Waals surface area (Å²) in [6.07, 6.45) is 7.61. The molecule has 1 aromatic heterocycles. The maximum absolute atomic E-state index is 13.5. The van der Waals surface area contributed by atoms with E-state index in [1.807, 2.05) is 35.2 Å². The molecule has 1 saturated heterocycles. The molecule has 2 heterocycles. The molecule has 0 bridgehead atoms. The number of fused-ring (bicyclic) bond motifs is 1. The molecule has 0 unspecified atom stereocenters. The first kappa shape index (κ1) is 24.4. The van der Waals surface area contributed by atoms with E-state index in [0.717, 1.165) is 62.1 Å². The number of piperidine rings is 1. The molecule has 3 aromatic carbocycles. The Kier molecular flexibility index (Phi) is 6.71. The third-order valence-electron chi connectivity index (χ3n) is 8.26. The number of carboxylic acid groups (broad SMARTS) is 1. The van der Waals surface area contributed by atoms with Crippen LogP contribution < -0.4 is 0 Å². The number of benzene rings is 3. The highest BCUT2D eigenvalue weighted by atomic mass is 16.4. The van der Waals surface area contributed by atoms with Crippen molar-refractivity contribution in [2.24, 2.45) is 5.92 Å². The molecule has 0 radical (unpaired) electrons. The van der Waals surface area contributed by atoms with Crippen molar-refractivity contribution < 1.29 is 14.7 Å². The maximum Gasteiger partial charge on any atom is 0.335 e. The number of imidazole rings is 1. The Labute approximate surface area is 222 Å². The van der Waals surface area contributed by atoms with E-state index in [1.54, 1.807) is 12.1 Å². The van der Waals surface area contributed by atoms with E-state index in [9.17, 15) is 14.7 Å². The molecule has 2 fully saturated rings. The van der Waals surface area contributed by atoms with Crippen molar-refractivity contribution in [1.82, 2.24) is 14.5 Å². The molecular weight excluding hydrogens is 474 g/mol. The van der Waals surface area contributed by atoms with E-state index in [4.69, 9.17) is 4.98 Å². The van der Waals surface area contributed by atoms with Gasteiger partial charge in [-0.2, -0.15) is 0 Å². The predicted octanol–water partition coefficient (Wildman–Crippen LogP) is 6.61. The van der Waals surface area contributed by atoms with Crippen molar-refractivity contribution in [2.75, 3.05) is 13.1 Å². The lowest BCUT2D eigenvalue weighted by Crippen LogP contribution is -2.38. The van der Waals surface area contributed by atoms with Gasteiger partial charge in [-0.05, 0) is 73.9 Å². The molecule has 1 saturated carbocycles. The van der Waals surface area contributed by atoms with Crippen molar-refractivity contribution in [3.8, 4) is 11.4 Å². The lowest BCUT2D eigenvalue weighted by Gasteiger charge is -2.32. The summed E-state index contributed by atoms with van der Waals surface area (Å²) in [4.78, 5) is 32.0. The van der Waals surface area contributed by atoms with E-state index < -0.39 is 5.97 Å². The predicted molar refractivity (Wildman–Crippen MR) is 148 cm³/mol. The first-order valence-electron chi connectivity index (χ1n) is 13.8. The zero-order valence-corrected chi connectivity index (χ0v) is 21.6. The van der Waals surface area contributed by atoms with Gasteiger partial charge in [-0.25, -0.2) is 9.78 Å². The average molecular weight is 508 g/mol. The second-order valence-corrected chi connectivity index (χ2v) is 10.8. The van der Waals surface area contributed by atoms with Gasteiger partial charge in [0.15, 0.2) is 0 Å². The SMILES string of the molecule is O=C(O)c1ccc2c(c1)nc(-c1cccc(C(=O)N3CCC(Cc4ccccc4)CC3)c1)n2C1CCCC1. The minimum atomic E-state index is -0.955. The highest BCUT2D eigenvalue weighted by Gasteiger charge is 2.26. The van der Waals surface area contributed by atoms with Gasteiger partial charge in [0, 0.05) is 30.3 Å². The lowest BCUT2D eigenvalue weighted by atomic mass is 9.90. The summed E-state index contributed by atoms with van der Waals surface area (Å²) in [6, 6.07) is 23.9. The quantitative estimate of drug-likeness (QED) is 0.319. The van der Waals surface area contributed by atoms with Gasteiger partial charge >= 0.3 is 5.97 Å². The summed E-state index contributed by atoms with van der Waals surface area (Å²) >= 11 is 0. The van der Waals surface area contributed by atoms with Crippen LogP contribution in [0, 0.1) is 5.92 Å². The molecule has 2 aliphatic rings. The van der Waals surface area contributed by atoms with E-state index >= 15 is 0 Å². The van der Waals surface area contributed by atoms with Crippen LogP contribution in [0.4, 0.5) is 0 Å². The number of hydrogen-bond donors (Lipinski definition) is 1. The maximum atomic E-state index is 13.5. The fourth-order valence-corrected chi connectivity index (χ4v) is 6.23. The number of aromatic carboxylic acids is 1. The Hall–Kier alpha value is -3.93. The zero-order chi connectivity index (χ0) is 26.1. The van der Waals surface area contributed by atoms with Crippen molar-refractivity contribution in [1.29, 1.82) is 0 Å². The second kappa shape index (κ2) is 10.4. The number of rotatable bonds is 6. The first-order valence-corrected chi connectivity index (χ1v) is 13.8. The summed E-state index contributed by atoms with van der Waals surface area (Å²) < 4.78 is 2.27. The standard InChI is InChI=1S/C32H33N3O3/c36-31(34-17-15-23(16-18-34)19-22-7-2-1-3-8-22)25-10-6-9-24(20-25)30-33-28-21-26(32(37)38)13-14-29(28)35(30)27-11-4-5-12-27/h1-3,6-10,13-14,20-21,23,27H,4-5,11-12,15-19H2,(H,37,38). The molecule has 1 aliphatic heterocycles. The van der Waals surface area contributed by atoms with Crippen LogP contribution in [0.5, 0.6) is 0 Å². The lowest BCUT2D eigenvalue weighted by molar-refractivity contribution is 0.0684. The van der Waals surface area contributed by atoms with Crippen molar-refractivity contribution in [3.05, 3.63) is 89.5 Å². The van der Waals surface area contributed by atoms with Crippen LogP contribution in [0.2, 0.25) is 0 Å². The highest BCUT2D eigenvalue weighted by molar-refractivity contribution is 5.96. The number of hydrogen-bond acceptors (Lipinski definition) is 3. The minimum Gasteiger partial charge on any atom is -0.478 e. The number of carboxylic acids is 1. The second-order valence-electron chi connectivity index (χ2n) is 10.8. The van der Waals surface area contributed by atoms with E-state index in [1.165, 1.54) is 18.4 Å². The monoisotopic (exact) mass is 507 g/mol. The number of aromatic nitrogens is 2. The van der Waals surface area contributed by atoms with E-state index in [2.05, 4.69) is 34.9 Å². The molecule has 0 spiro atoms. The number of carbonyl (C=O) groups is 2. The smallest absolute Gasteiger partial charge is 0.335 e. The van der Waals surface area contributed by atoms with Gasteiger partial charge in [-0.1, -0.05) is 55.3 Å². The van der Waals surface area contributed by atoms with Crippen molar-refractivity contribution in [2.45, 2.75) is 51.0 Å². The van der Waals surface area contributed by atoms with Crippen LogP contribution >= 0.6 is 0 Å². The summed E-state index contributed by atoms with van der Waals surface area (Å²) in [5.41, 5.74) is 4.82. The largest absolute Gasteiger partial charge is 0.478 e. The van der Waals surface area contributed by atoms with E-state index in [-0.39, 0.29) is 11.5 Å². The van der Waals surface area contributed by atoms with Gasteiger partial charge in [0.25, 0.3) is 5.91 Å². The number of amides is 1. The first-order chi connectivity index (χ1) is 18.6. The Morgan fingerprint density at radius 3 is 2.34 bits per heavy atom. The summed E-state index contributed by atoms with van der Waals surface area (Å²) in [5, 5.41) is 9.48. The Balaban J connectivity index is 1.25. The van der Waals surface area contributed by atoms with Gasteiger partial charge in [0.05, 0.1) is 16.6 Å². The zero-order valence-electron chi connectivity index (χ0n) is 21.6. The molecule has 1 amide bonds. The third kappa shape index (κ3) is 4.83. The molecule has 1 N–H and O–H groups in total. The van der Waals surface area contributed by atoms with Crippen molar-refractivity contribution in [3.63, 3.8) is 0 Å². The normalized spacial score (nSPS) is 16.8. The topological polar surface area (TPSA) is 75.4 Å². The van der Waals surface area contributed by atoms with Gasteiger partial charge < -0.3 is 14.6 Å². The number of likely N-dealkylation sites (tertiary alicyclic amines) is 1. The Bertz CT molecular complexity index is 1460. The van der Waals surface area contributed by atoms with Gasteiger partial charge in [-0.15, -0.1) is 0 Å². The van der Waals surface area contributed by atoms with Crippen LogP contribution in [0.25, 0.3) is 22.4 Å². The molecular formula is C32H33N3O3. The minimum absolute atomic E-state index is 0.0710. The molecule has 6 heteroatoms. The van der Waals surface area contributed by atoms with Crippen LogP contribution in [0.15, 0.2) is 72.8 Å². The fraction of sp³-hybridized carbons (Fsp3) is 0.344. The van der Waals surface area contributed by atoms with Gasteiger partial charge in [0.2, 0.25) is 0 Å². The molecule has 0 atom stereocenters. The number of carbonyl (C=O) groups excluding carboxylic acids is 1. The Morgan fingerprint density at radius 1 is 0.842 bits per heavy atom. The molecule has 6 rings (SSSR count). The molecule has 194 valence electrons. The van der Waals surface area contributed by atoms with Gasteiger partial charge in [-0.3, -0.25) is 4.79 Å². The summed E-state index contributed by atoms with van der Waals surface area (Å²) in [7, 11) is 0. The molecule has 1 aliphatic carbocycles. The van der Waals surface area contributed by atoms with Crippen LogP contribution in [-0.4, -0.2) is 44.5 Å². The van der Waals surface area contributed by atoms with Crippen LogP contribution in [-0.2, 0) is 6.42 Å². The van der Waals surface area contributed by atoms with E-state index in [0.29, 0.717) is 23.0 Å². The third-order valence-corrected chi connectivity index (χ3v) is 8.26. The summed E-state index contributed by atoms with van der Waals surface area (Å²) in [5.74, 6) is 0.533. The average Bonchev–Trinajstić information content (AvgIpc) is 3.61. The van der Waals surface area contributed by atoms with Gasteiger partial charge in [0.1, 0.15) is 5.82 Å². The highest BCUT2D eigenvalue weighted by Crippen LogP contribution is 2.37. The molecule has 6 nitrogen and oxygen atoms in total. The molecule has 38 heavy (non-hydrogen) atoms. The van der Waals surface area contributed by atoms with Crippen molar-refractivity contribution >= 4 is 22.9 Å².